The zero-order chi connectivity index (χ0) is 21.5. The SMILES string of the molecule is O=C(N[C@@H](Cc1ccccc1)C(=O)CCC(=O)N1CCC[C@H]1C(=O)O)c1cccs1. The number of nitrogens with zero attached hydrogens (tertiary/aromatic N) is 1. The Morgan fingerprint density at radius 1 is 1.10 bits per heavy atom. The molecule has 0 aliphatic carbocycles. The number of carboxylic acids is 1. The zero-order valence-electron chi connectivity index (χ0n) is 16.5. The van der Waals surface area contributed by atoms with Crippen molar-refractivity contribution in [3.05, 3.63) is 58.3 Å². The maximum absolute atomic E-state index is 12.9. The van der Waals surface area contributed by atoms with Crippen molar-refractivity contribution in [1.82, 2.24) is 10.2 Å². The van der Waals surface area contributed by atoms with Crippen LogP contribution >= 0.6 is 11.3 Å². The van der Waals surface area contributed by atoms with Crippen LogP contribution in [0.25, 0.3) is 0 Å². The van der Waals surface area contributed by atoms with Gasteiger partial charge in [-0.25, -0.2) is 4.79 Å². The van der Waals surface area contributed by atoms with Crippen molar-refractivity contribution in [2.45, 2.75) is 44.2 Å². The van der Waals surface area contributed by atoms with E-state index in [0.29, 0.717) is 30.7 Å². The number of aliphatic carboxylic acids is 1. The lowest BCUT2D eigenvalue weighted by Gasteiger charge is -2.22. The van der Waals surface area contributed by atoms with E-state index in [0.717, 1.165) is 5.56 Å². The van der Waals surface area contributed by atoms with Gasteiger partial charge in [-0.05, 0) is 36.3 Å². The van der Waals surface area contributed by atoms with Gasteiger partial charge in [-0.2, -0.15) is 0 Å². The Morgan fingerprint density at radius 2 is 1.87 bits per heavy atom. The number of carbonyl (C=O) groups is 4. The van der Waals surface area contributed by atoms with E-state index < -0.39 is 18.1 Å². The van der Waals surface area contributed by atoms with Crippen molar-refractivity contribution < 1.29 is 24.3 Å². The summed E-state index contributed by atoms with van der Waals surface area (Å²) in [7, 11) is 0. The van der Waals surface area contributed by atoms with E-state index in [9.17, 15) is 24.3 Å². The van der Waals surface area contributed by atoms with Gasteiger partial charge in [0.2, 0.25) is 5.91 Å². The number of hydrogen-bond donors (Lipinski definition) is 2. The highest BCUT2D eigenvalue weighted by Gasteiger charge is 2.34. The monoisotopic (exact) mass is 428 g/mol. The van der Waals surface area contributed by atoms with Crippen LogP contribution in [0.2, 0.25) is 0 Å². The second kappa shape index (κ2) is 10.2. The minimum absolute atomic E-state index is 0.0517. The van der Waals surface area contributed by atoms with Crippen LogP contribution in [0.4, 0.5) is 0 Å². The van der Waals surface area contributed by atoms with Gasteiger partial charge in [0.25, 0.3) is 5.91 Å². The average Bonchev–Trinajstić information content (AvgIpc) is 3.44. The first kappa shape index (κ1) is 21.7. The fourth-order valence-corrected chi connectivity index (χ4v) is 4.23. The highest BCUT2D eigenvalue weighted by molar-refractivity contribution is 7.12. The van der Waals surface area contributed by atoms with Gasteiger partial charge in [0.15, 0.2) is 5.78 Å². The summed E-state index contributed by atoms with van der Waals surface area (Å²) in [4.78, 5) is 51.0. The lowest BCUT2D eigenvalue weighted by Crippen LogP contribution is -2.43. The van der Waals surface area contributed by atoms with Gasteiger partial charge in [0, 0.05) is 19.4 Å². The zero-order valence-corrected chi connectivity index (χ0v) is 17.3. The summed E-state index contributed by atoms with van der Waals surface area (Å²) in [6.45, 7) is 0.395. The second-order valence-corrected chi connectivity index (χ2v) is 8.19. The molecule has 30 heavy (non-hydrogen) atoms. The number of benzene rings is 1. The molecule has 1 aliphatic heterocycles. The Kier molecular flexibility index (Phi) is 7.35. The van der Waals surface area contributed by atoms with Crippen LogP contribution in [0.3, 0.4) is 0 Å². The lowest BCUT2D eigenvalue weighted by molar-refractivity contribution is -0.148. The second-order valence-electron chi connectivity index (χ2n) is 7.24. The van der Waals surface area contributed by atoms with Crippen LogP contribution in [-0.2, 0) is 20.8 Å². The number of likely N-dealkylation sites (tertiary alicyclic amines) is 1. The number of carboxylic acid groups (broad SMARTS) is 1. The predicted molar refractivity (Wildman–Crippen MR) is 112 cm³/mol. The Balaban J connectivity index is 1.64. The van der Waals surface area contributed by atoms with Gasteiger partial charge in [0.05, 0.1) is 10.9 Å². The molecule has 1 aliphatic rings. The molecule has 8 heteroatoms. The number of rotatable bonds is 9. The molecule has 0 radical (unpaired) electrons. The van der Waals surface area contributed by atoms with Gasteiger partial charge in [-0.3, -0.25) is 14.4 Å². The molecule has 0 saturated carbocycles. The molecule has 1 fully saturated rings. The highest BCUT2D eigenvalue weighted by atomic mass is 32.1. The summed E-state index contributed by atoms with van der Waals surface area (Å²) in [5.74, 6) is -1.92. The summed E-state index contributed by atoms with van der Waals surface area (Å²) >= 11 is 1.29. The molecule has 2 N–H and O–H groups in total. The number of thiophene rings is 1. The topological polar surface area (TPSA) is 104 Å². The Bertz CT molecular complexity index is 898. The fraction of sp³-hybridized carbons (Fsp3) is 0.364. The predicted octanol–water partition coefficient (Wildman–Crippen LogP) is 2.51. The number of nitrogens with one attached hydrogen (secondary N) is 1. The maximum Gasteiger partial charge on any atom is 0.326 e. The molecule has 1 aromatic heterocycles. The number of hydrogen-bond acceptors (Lipinski definition) is 5. The molecule has 2 heterocycles. The smallest absolute Gasteiger partial charge is 0.326 e. The molecule has 3 rings (SSSR count). The van der Waals surface area contributed by atoms with E-state index in [1.807, 2.05) is 30.3 Å². The molecular weight excluding hydrogens is 404 g/mol. The first-order valence-electron chi connectivity index (χ1n) is 9.89. The minimum atomic E-state index is -1.02. The maximum atomic E-state index is 12.9. The molecule has 7 nitrogen and oxygen atoms in total. The van der Waals surface area contributed by atoms with Gasteiger partial charge in [-0.15, -0.1) is 11.3 Å². The summed E-state index contributed by atoms with van der Waals surface area (Å²) in [5, 5.41) is 13.8. The van der Waals surface area contributed by atoms with Gasteiger partial charge in [-0.1, -0.05) is 36.4 Å². The standard InChI is InChI=1S/C22H24N2O5S/c25-18(10-11-20(26)24-12-4-8-17(24)22(28)29)16(14-15-6-2-1-3-7-15)23-21(27)19-9-5-13-30-19/h1-3,5-7,9,13,16-17H,4,8,10-12,14H2,(H,23,27)(H,28,29)/t16-,17-/m0/s1. The largest absolute Gasteiger partial charge is 0.480 e. The van der Waals surface area contributed by atoms with Crippen LogP contribution in [0, 0.1) is 0 Å². The van der Waals surface area contributed by atoms with E-state index in [-0.39, 0.29) is 30.4 Å². The van der Waals surface area contributed by atoms with E-state index in [1.54, 1.807) is 17.5 Å². The number of amides is 2. The molecule has 2 amide bonds. The number of carbonyl (C=O) groups excluding carboxylic acids is 3. The molecule has 0 bridgehead atoms. The normalized spacial score (nSPS) is 16.8. The number of Topliss-reactive ketones (excluding diaryl/α,β-unsaturated/α-hetero) is 1. The lowest BCUT2D eigenvalue weighted by atomic mass is 9.99. The van der Waals surface area contributed by atoms with Gasteiger partial charge in [0.1, 0.15) is 6.04 Å². The van der Waals surface area contributed by atoms with E-state index >= 15 is 0 Å². The van der Waals surface area contributed by atoms with E-state index in [1.165, 1.54) is 16.2 Å². The summed E-state index contributed by atoms with van der Waals surface area (Å²) in [6.07, 6.45) is 1.28. The third-order valence-electron chi connectivity index (χ3n) is 5.17. The van der Waals surface area contributed by atoms with Crippen molar-refractivity contribution in [2.24, 2.45) is 0 Å². The van der Waals surface area contributed by atoms with Crippen LogP contribution in [-0.4, -0.2) is 52.2 Å². The van der Waals surface area contributed by atoms with Crippen molar-refractivity contribution in [1.29, 1.82) is 0 Å². The summed E-state index contributed by atoms with van der Waals surface area (Å²) < 4.78 is 0. The fourth-order valence-electron chi connectivity index (χ4n) is 3.60. The first-order valence-corrected chi connectivity index (χ1v) is 10.8. The van der Waals surface area contributed by atoms with Gasteiger partial charge >= 0.3 is 5.97 Å². The molecule has 2 aromatic rings. The number of ketones is 1. The first-order chi connectivity index (χ1) is 14.5. The molecular formula is C22H24N2O5S. The average molecular weight is 429 g/mol. The molecule has 1 aromatic carbocycles. The van der Waals surface area contributed by atoms with Crippen molar-refractivity contribution >= 4 is 34.9 Å². The van der Waals surface area contributed by atoms with Crippen molar-refractivity contribution in [2.75, 3.05) is 6.54 Å². The van der Waals surface area contributed by atoms with E-state index in [4.69, 9.17) is 0 Å². The Morgan fingerprint density at radius 3 is 2.53 bits per heavy atom. The van der Waals surface area contributed by atoms with Crippen molar-refractivity contribution in [3.8, 4) is 0 Å². The minimum Gasteiger partial charge on any atom is -0.480 e. The Labute approximate surface area is 178 Å². The third kappa shape index (κ3) is 5.54. The summed E-state index contributed by atoms with van der Waals surface area (Å²) in [6, 6.07) is 11.2. The van der Waals surface area contributed by atoms with Crippen LogP contribution in [0.1, 0.15) is 40.9 Å². The van der Waals surface area contributed by atoms with Crippen LogP contribution in [0.5, 0.6) is 0 Å². The molecule has 0 spiro atoms. The third-order valence-corrected chi connectivity index (χ3v) is 6.03. The Hall–Kier alpha value is -3.00. The summed E-state index contributed by atoms with van der Waals surface area (Å²) in [5.41, 5.74) is 0.902. The van der Waals surface area contributed by atoms with Crippen molar-refractivity contribution in [3.63, 3.8) is 0 Å². The van der Waals surface area contributed by atoms with E-state index in [2.05, 4.69) is 5.32 Å². The molecule has 2 atom stereocenters. The molecule has 158 valence electrons. The molecule has 0 unspecified atom stereocenters. The molecule has 1 saturated heterocycles. The van der Waals surface area contributed by atoms with Gasteiger partial charge < -0.3 is 15.3 Å². The highest BCUT2D eigenvalue weighted by Crippen LogP contribution is 2.19. The van der Waals surface area contributed by atoms with Crippen LogP contribution < -0.4 is 5.32 Å². The van der Waals surface area contributed by atoms with Crippen LogP contribution in [0.15, 0.2) is 47.8 Å². The quantitative estimate of drug-likeness (QED) is 0.639.